The van der Waals surface area contributed by atoms with Crippen molar-refractivity contribution in [3.05, 3.63) is 59.7 Å². The van der Waals surface area contributed by atoms with Gasteiger partial charge in [0, 0.05) is 11.6 Å². The number of carbonyl (C=O) groups is 1. The number of hydrogen-bond donors (Lipinski definition) is 2. The van der Waals surface area contributed by atoms with Crippen molar-refractivity contribution in [3.8, 4) is 11.5 Å². The summed E-state index contributed by atoms with van der Waals surface area (Å²) in [5, 5.41) is 12.6. The number of benzene rings is 2. The largest absolute Gasteiger partial charge is 0.573 e. The summed E-state index contributed by atoms with van der Waals surface area (Å²) in [6, 6.07) is 11.6. The zero-order valence-corrected chi connectivity index (χ0v) is 16.5. The number of phenolic OH excluding ortho intramolecular Hbond substituents is 1. The lowest BCUT2D eigenvalue weighted by Gasteiger charge is -2.32. The zero-order valence-electron chi connectivity index (χ0n) is 16.5. The Bertz CT molecular complexity index is 846. The minimum absolute atomic E-state index is 0.0543. The van der Waals surface area contributed by atoms with Crippen LogP contribution in [0.2, 0.25) is 0 Å². The molecule has 5 nitrogen and oxygen atoms in total. The Hall–Kier alpha value is -2.74. The Labute approximate surface area is 172 Å². The first-order valence-electron chi connectivity index (χ1n) is 9.74. The lowest BCUT2D eigenvalue weighted by Crippen LogP contribution is -2.40. The standard InChI is InChI=1S/C22H24F3NO4/c1-29-21(28)20(18-4-2-3-5-19(18)30-22(23,24)25)26-16-10-6-14(7-11-16)15-8-12-17(27)13-9-15/h2-5,8-9,12-14,16,20,26-27H,6-7,10-11H2,1H3. The van der Waals surface area contributed by atoms with E-state index < -0.39 is 24.1 Å². The van der Waals surface area contributed by atoms with Crippen molar-refractivity contribution >= 4 is 5.97 Å². The fourth-order valence-corrected chi connectivity index (χ4v) is 3.91. The van der Waals surface area contributed by atoms with Crippen LogP contribution in [0, 0.1) is 0 Å². The molecule has 2 N–H and O–H groups in total. The molecule has 8 heteroatoms. The molecule has 0 saturated heterocycles. The summed E-state index contributed by atoms with van der Waals surface area (Å²) in [5.74, 6) is -0.546. The molecule has 0 bridgehead atoms. The number of hydrogen-bond acceptors (Lipinski definition) is 5. The number of phenols is 1. The van der Waals surface area contributed by atoms with E-state index in [2.05, 4.69) is 10.1 Å². The molecular formula is C22H24F3NO4. The van der Waals surface area contributed by atoms with Gasteiger partial charge in [-0.15, -0.1) is 13.2 Å². The Balaban J connectivity index is 1.71. The van der Waals surface area contributed by atoms with Crippen molar-refractivity contribution < 1.29 is 32.5 Å². The van der Waals surface area contributed by atoms with Crippen LogP contribution in [-0.4, -0.2) is 30.6 Å². The summed E-state index contributed by atoms with van der Waals surface area (Å²) in [6.07, 6.45) is -1.64. The molecule has 2 aromatic rings. The summed E-state index contributed by atoms with van der Waals surface area (Å²) in [4.78, 5) is 12.4. The van der Waals surface area contributed by atoms with Gasteiger partial charge >= 0.3 is 12.3 Å². The van der Waals surface area contributed by atoms with Crippen LogP contribution in [0.4, 0.5) is 13.2 Å². The Morgan fingerprint density at radius 2 is 1.70 bits per heavy atom. The Morgan fingerprint density at radius 1 is 1.07 bits per heavy atom. The average Bonchev–Trinajstić information content (AvgIpc) is 2.72. The third-order valence-corrected chi connectivity index (χ3v) is 5.39. The van der Waals surface area contributed by atoms with E-state index in [1.165, 1.54) is 25.3 Å². The van der Waals surface area contributed by atoms with E-state index >= 15 is 0 Å². The van der Waals surface area contributed by atoms with Crippen LogP contribution in [0.1, 0.15) is 48.8 Å². The summed E-state index contributed by atoms with van der Waals surface area (Å²) in [6.45, 7) is 0. The van der Waals surface area contributed by atoms with Gasteiger partial charge in [-0.1, -0.05) is 30.3 Å². The van der Waals surface area contributed by atoms with Gasteiger partial charge in [-0.3, -0.25) is 5.32 Å². The first kappa shape index (κ1) is 22.0. The third kappa shape index (κ3) is 5.66. The number of para-hydroxylation sites is 1. The number of methoxy groups -OCH3 is 1. The smallest absolute Gasteiger partial charge is 0.508 e. The second-order valence-corrected chi connectivity index (χ2v) is 7.35. The van der Waals surface area contributed by atoms with Crippen LogP contribution in [-0.2, 0) is 9.53 Å². The van der Waals surface area contributed by atoms with Crippen LogP contribution in [0.3, 0.4) is 0 Å². The van der Waals surface area contributed by atoms with E-state index in [9.17, 15) is 23.1 Å². The van der Waals surface area contributed by atoms with E-state index in [1.54, 1.807) is 18.2 Å². The number of esters is 1. The maximum Gasteiger partial charge on any atom is 0.573 e. The van der Waals surface area contributed by atoms with Gasteiger partial charge in [0.15, 0.2) is 0 Å². The van der Waals surface area contributed by atoms with Gasteiger partial charge in [0.25, 0.3) is 0 Å². The lowest BCUT2D eigenvalue weighted by molar-refractivity contribution is -0.275. The number of halogens is 3. The molecule has 30 heavy (non-hydrogen) atoms. The van der Waals surface area contributed by atoms with Gasteiger partial charge < -0.3 is 14.6 Å². The molecule has 1 atom stereocenters. The highest BCUT2D eigenvalue weighted by Crippen LogP contribution is 2.36. The van der Waals surface area contributed by atoms with Crippen molar-refractivity contribution in [2.45, 2.75) is 50.0 Å². The molecule has 1 unspecified atom stereocenters. The van der Waals surface area contributed by atoms with Crippen molar-refractivity contribution in [1.29, 1.82) is 0 Å². The molecule has 3 rings (SSSR count). The predicted molar refractivity (Wildman–Crippen MR) is 104 cm³/mol. The molecule has 0 amide bonds. The monoisotopic (exact) mass is 423 g/mol. The van der Waals surface area contributed by atoms with E-state index in [4.69, 9.17) is 4.74 Å². The molecule has 1 saturated carbocycles. The molecule has 0 aliphatic heterocycles. The second kappa shape index (κ2) is 9.38. The minimum atomic E-state index is -4.86. The summed E-state index contributed by atoms with van der Waals surface area (Å²) in [7, 11) is 1.20. The number of aromatic hydroxyl groups is 1. The summed E-state index contributed by atoms with van der Waals surface area (Å²) >= 11 is 0. The van der Waals surface area contributed by atoms with Crippen LogP contribution in [0.15, 0.2) is 48.5 Å². The van der Waals surface area contributed by atoms with E-state index in [1.807, 2.05) is 12.1 Å². The average molecular weight is 423 g/mol. The zero-order chi connectivity index (χ0) is 21.7. The molecule has 162 valence electrons. The number of ether oxygens (including phenoxy) is 2. The fourth-order valence-electron chi connectivity index (χ4n) is 3.91. The highest BCUT2D eigenvalue weighted by atomic mass is 19.4. The van der Waals surface area contributed by atoms with Crippen molar-refractivity contribution in [3.63, 3.8) is 0 Å². The Morgan fingerprint density at radius 3 is 2.30 bits per heavy atom. The number of nitrogens with one attached hydrogen (secondary N) is 1. The van der Waals surface area contributed by atoms with Gasteiger partial charge in [-0.2, -0.15) is 0 Å². The van der Waals surface area contributed by atoms with E-state index in [0.717, 1.165) is 31.2 Å². The highest BCUT2D eigenvalue weighted by Gasteiger charge is 2.35. The van der Waals surface area contributed by atoms with Crippen LogP contribution < -0.4 is 10.1 Å². The number of carbonyl (C=O) groups excluding carboxylic acids is 1. The second-order valence-electron chi connectivity index (χ2n) is 7.35. The fraction of sp³-hybridized carbons (Fsp3) is 0.409. The number of rotatable bonds is 6. The van der Waals surface area contributed by atoms with Gasteiger partial charge in [0.05, 0.1) is 7.11 Å². The highest BCUT2D eigenvalue weighted by molar-refractivity contribution is 5.78. The maximum atomic E-state index is 12.8. The molecule has 1 fully saturated rings. The Kier molecular flexibility index (Phi) is 6.87. The molecule has 0 aromatic heterocycles. The molecule has 1 aliphatic carbocycles. The molecule has 0 spiro atoms. The minimum Gasteiger partial charge on any atom is -0.508 e. The van der Waals surface area contributed by atoms with Gasteiger partial charge in [0.2, 0.25) is 0 Å². The third-order valence-electron chi connectivity index (χ3n) is 5.39. The molecule has 0 heterocycles. The molecule has 1 aliphatic rings. The summed E-state index contributed by atoms with van der Waals surface area (Å²) in [5.41, 5.74) is 1.22. The van der Waals surface area contributed by atoms with Crippen LogP contribution in [0.25, 0.3) is 0 Å². The van der Waals surface area contributed by atoms with E-state index in [-0.39, 0.29) is 17.4 Å². The normalized spacial score (nSPS) is 20.4. The lowest BCUT2D eigenvalue weighted by atomic mass is 9.81. The topological polar surface area (TPSA) is 67.8 Å². The first-order chi connectivity index (χ1) is 14.3. The predicted octanol–water partition coefficient (Wildman–Crippen LogP) is 4.82. The van der Waals surface area contributed by atoms with Crippen LogP contribution >= 0.6 is 0 Å². The molecule has 2 aromatic carbocycles. The van der Waals surface area contributed by atoms with Crippen molar-refractivity contribution in [1.82, 2.24) is 5.32 Å². The van der Waals surface area contributed by atoms with Gasteiger partial charge in [0.1, 0.15) is 17.5 Å². The van der Waals surface area contributed by atoms with Crippen LogP contribution in [0.5, 0.6) is 11.5 Å². The number of alkyl halides is 3. The maximum absolute atomic E-state index is 12.8. The summed E-state index contributed by atoms with van der Waals surface area (Å²) < 4.78 is 47.3. The van der Waals surface area contributed by atoms with E-state index in [0.29, 0.717) is 5.92 Å². The molecular weight excluding hydrogens is 399 g/mol. The van der Waals surface area contributed by atoms with Crippen molar-refractivity contribution in [2.24, 2.45) is 0 Å². The quantitative estimate of drug-likeness (QED) is 0.652. The molecule has 0 radical (unpaired) electrons. The first-order valence-corrected chi connectivity index (χ1v) is 9.74. The van der Waals surface area contributed by atoms with Gasteiger partial charge in [-0.05, 0) is 55.4 Å². The van der Waals surface area contributed by atoms with Crippen molar-refractivity contribution in [2.75, 3.05) is 7.11 Å². The van der Waals surface area contributed by atoms with Gasteiger partial charge in [-0.25, -0.2) is 4.79 Å². The SMILES string of the molecule is COC(=O)C(NC1CCC(c2ccc(O)cc2)CC1)c1ccccc1OC(F)(F)F.